The quantitative estimate of drug-likeness (QED) is 0.755. The molecule has 25 heavy (non-hydrogen) atoms. The van der Waals surface area contributed by atoms with Crippen molar-refractivity contribution in [2.24, 2.45) is 0 Å². The highest BCUT2D eigenvalue weighted by molar-refractivity contribution is 6.42. The number of nitrogens with zero attached hydrogens (tertiary/aromatic N) is 1. The number of carbonyl (C=O) groups is 2. The predicted molar refractivity (Wildman–Crippen MR) is 98.9 cm³/mol. The van der Waals surface area contributed by atoms with Crippen LogP contribution in [0, 0.1) is 0 Å². The Morgan fingerprint density at radius 3 is 2.68 bits per heavy atom. The minimum absolute atomic E-state index is 0.0682. The third-order valence-corrected chi connectivity index (χ3v) is 4.98. The molecular weight excluding hydrogens is 363 g/mol. The summed E-state index contributed by atoms with van der Waals surface area (Å²) in [5.41, 5.74) is 1.23. The number of nitrogens with one attached hydrogen (secondary N) is 1. The van der Waals surface area contributed by atoms with Gasteiger partial charge in [-0.3, -0.25) is 9.59 Å². The molecule has 0 aromatic heterocycles. The number of aliphatic hydroxyl groups is 1. The van der Waals surface area contributed by atoms with Crippen LogP contribution in [0.15, 0.2) is 29.5 Å². The lowest BCUT2D eigenvalue weighted by Crippen LogP contribution is -2.35. The van der Waals surface area contributed by atoms with E-state index in [0.29, 0.717) is 16.6 Å². The normalized spacial score (nSPS) is 15.7. The van der Waals surface area contributed by atoms with Crippen LogP contribution >= 0.6 is 23.2 Å². The van der Waals surface area contributed by atoms with Crippen molar-refractivity contribution in [2.75, 3.05) is 13.1 Å². The van der Waals surface area contributed by atoms with Crippen molar-refractivity contribution in [2.45, 2.75) is 39.2 Å². The van der Waals surface area contributed by atoms with Gasteiger partial charge in [-0.2, -0.15) is 0 Å². The van der Waals surface area contributed by atoms with Crippen molar-refractivity contribution >= 4 is 35.0 Å². The van der Waals surface area contributed by atoms with Crippen LogP contribution in [0.25, 0.3) is 0 Å². The Labute approximate surface area is 157 Å². The zero-order chi connectivity index (χ0) is 18.6. The number of aryl methyl sites for hydroxylation is 1. The minimum Gasteiger partial charge on any atom is -0.503 e. The van der Waals surface area contributed by atoms with E-state index in [-0.39, 0.29) is 24.1 Å². The Balaban J connectivity index is 1.82. The van der Waals surface area contributed by atoms with Gasteiger partial charge in [-0.25, -0.2) is 0 Å². The van der Waals surface area contributed by atoms with Crippen molar-refractivity contribution in [3.05, 3.63) is 45.1 Å². The van der Waals surface area contributed by atoms with Crippen LogP contribution in [0.1, 0.15) is 32.3 Å². The zero-order valence-corrected chi connectivity index (χ0v) is 15.8. The molecule has 1 heterocycles. The van der Waals surface area contributed by atoms with Crippen LogP contribution in [0.4, 0.5) is 0 Å². The molecule has 0 bridgehead atoms. The minimum atomic E-state index is -0.486. The summed E-state index contributed by atoms with van der Waals surface area (Å²) in [7, 11) is 0. The van der Waals surface area contributed by atoms with Gasteiger partial charge in [-0.15, -0.1) is 0 Å². The zero-order valence-electron chi connectivity index (χ0n) is 14.3. The first-order valence-corrected chi connectivity index (χ1v) is 9.05. The number of rotatable bonds is 7. The van der Waals surface area contributed by atoms with Crippen LogP contribution in [0.2, 0.25) is 10.0 Å². The van der Waals surface area contributed by atoms with Gasteiger partial charge in [0.05, 0.1) is 22.2 Å². The molecule has 0 aliphatic carbocycles. The lowest BCUT2D eigenvalue weighted by atomic mass is 10.1. The van der Waals surface area contributed by atoms with E-state index in [2.05, 4.69) is 5.32 Å². The number of likely N-dealkylation sites (N-methyl/N-ethyl adjacent to an activating group) is 1. The Kier molecular flexibility index (Phi) is 6.73. The summed E-state index contributed by atoms with van der Waals surface area (Å²) in [6.45, 7) is 4.32. The Bertz CT molecular complexity index is 704. The summed E-state index contributed by atoms with van der Waals surface area (Å²) >= 11 is 11.9. The molecule has 1 aliphatic heterocycles. The number of benzene rings is 1. The molecule has 1 aliphatic rings. The third-order valence-electron chi connectivity index (χ3n) is 4.24. The molecule has 0 saturated carbocycles. The van der Waals surface area contributed by atoms with E-state index in [1.165, 1.54) is 4.90 Å². The van der Waals surface area contributed by atoms with Crippen LogP contribution in [-0.4, -0.2) is 41.0 Å². The first kappa shape index (κ1) is 19.6. The molecule has 1 unspecified atom stereocenters. The molecule has 7 heteroatoms. The summed E-state index contributed by atoms with van der Waals surface area (Å²) in [4.78, 5) is 25.4. The fourth-order valence-electron chi connectivity index (χ4n) is 2.74. The van der Waals surface area contributed by atoms with Gasteiger partial charge in [-0.05, 0) is 50.8 Å². The Hall–Kier alpha value is -1.72. The van der Waals surface area contributed by atoms with Gasteiger partial charge in [0.15, 0.2) is 5.76 Å². The molecule has 2 N–H and O–H groups in total. The molecular formula is C18H22Cl2N2O3. The second-order valence-corrected chi connectivity index (χ2v) is 6.98. The van der Waals surface area contributed by atoms with Gasteiger partial charge in [-0.1, -0.05) is 29.3 Å². The van der Waals surface area contributed by atoms with Gasteiger partial charge < -0.3 is 15.3 Å². The van der Waals surface area contributed by atoms with Crippen LogP contribution in [0.3, 0.4) is 0 Å². The average molecular weight is 385 g/mol. The highest BCUT2D eigenvalue weighted by atomic mass is 35.5. The monoisotopic (exact) mass is 384 g/mol. The summed E-state index contributed by atoms with van der Waals surface area (Å²) in [5, 5.41) is 13.7. The summed E-state index contributed by atoms with van der Waals surface area (Å²) in [6, 6.07) is 5.49. The van der Waals surface area contributed by atoms with Gasteiger partial charge in [0.25, 0.3) is 11.8 Å². The van der Waals surface area contributed by atoms with E-state index >= 15 is 0 Å². The van der Waals surface area contributed by atoms with E-state index in [9.17, 15) is 14.7 Å². The molecule has 1 atom stereocenters. The lowest BCUT2D eigenvalue weighted by molar-refractivity contribution is -0.127. The highest BCUT2D eigenvalue weighted by Gasteiger charge is 2.33. The lowest BCUT2D eigenvalue weighted by Gasteiger charge is -2.15. The molecule has 5 nitrogen and oxygen atoms in total. The van der Waals surface area contributed by atoms with Gasteiger partial charge in [0.2, 0.25) is 0 Å². The van der Waals surface area contributed by atoms with Crippen molar-refractivity contribution in [1.82, 2.24) is 10.2 Å². The van der Waals surface area contributed by atoms with Crippen LogP contribution in [0.5, 0.6) is 0 Å². The molecule has 1 aromatic rings. The predicted octanol–water partition coefficient (Wildman–Crippen LogP) is 3.50. The van der Waals surface area contributed by atoms with Gasteiger partial charge >= 0.3 is 0 Å². The maximum Gasteiger partial charge on any atom is 0.289 e. The molecule has 0 radical (unpaired) electrons. The molecule has 2 amide bonds. The van der Waals surface area contributed by atoms with E-state index in [4.69, 9.17) is 23.2 Å². The fourth-order valence-corrected chi connectivity index (χ4v) is 3.06. The van der Waals surface area contributed by atoms with Gasteiger partial charge in [0, 0.05) is 12.6 Å². The maximum atomic E-state index is 12.2. The standard InChI is InChI=1S/C18H22Cl2N2O3/c1-3-22-10-13(16(23)18(22)25)17(24)21-11(2)5-4-6-12-7-8-14(19)15(20)9-12/h7-9,11,23H,3-6,10H2,1-2H3,(H,21,24). The molecule has 0 spiro atoms. The highest BCUT2D eigenvalue weighted by Crippen LogP contribution is 2.23. The second kappa shape index (κ2) is 8.59. The second-order valence-electron chi connectivity index (χ2n) is 6.16. The first-order chi connectivity index (χ1) is 11.8. The van der Waals surface area contributed by atoms with E-state index in [1.807, 2.05) is 19.1 Å². The topological polar surface area (TPSA) is 69.6 Å². The number of amides is 2. The van der Waals surface area contributed by atoms with Crippen LogP contribution < -0.4 is 5.32 Å². The Morgan fingerprint density at radius 1 is 1.36 bits per heavy atom. The van der Waals surface area contributed by atoms with Gasteiger partial charge in [0.1, 0.15) is 0 Å². The van der Waals surface area contributed by atoms with Crippen molar-refractivity contribution in [3.63, 3.8) is 0 Å². The Morgan fingerprint density at radius 2 is 2.08 bits per heavy atom. The molecule has 1 aromatic carbocycles. The first-order valence-electron chi connectivity index (χ1n) is 8.29. The maximum absolute atomic E-state index is 12.2. The summed E-state index contributed by atoms with van der Waals surface area (Å²) in [6.07, 6.45) is 2.46. The summed E-state index contributed by atoms with van der Waals surface area (Å²) in [5.74, 6) is -1.31. The van der Waals surface area contributed by atoms with E-state index < -0.39 is 11.7 Å². The number of hydrogen-bond donors (Lipinski definition) is 2. The fraction of sp³-hybridized carbons (Fsp3) is 0.444. The SMILES string of the molecule is CCN1CC(C(=O)NC(C)CCCc2ccc(Cl)c(Cl)c2)=C(O)C1=O. The van der Waals surface area contributed by atoms with Crippen molar-refractivity contribution in [1.29, 1.82) is 0 Å². The largest absolute Gasteiger partial charge is 0.503 e. The number of aliphatic hydroxyl groups excluding tert-OH is 1. The van der Waals surface area contributed by atoms with E-state index in [0.717, 1.165) is 24.8 Å². The molecule has 136 valence electrons. The van der Waals surface area contributed by atoms with Crippen molar-refractivity contribution < 1.29 is 14.7 Å². The van der Waals surface area contributed by atoms with Crippen molar-refractivity contribution in [3.8, 4) is 0 Å². The molecule has 0 fully saturated rings. The molecule has 0 saturated heterocycles. The smallest absolute Gasteiger partial charge is 0.289 e. The third kappa shape index (κ3) is 4.89. The van der Waals surface area contributed by atoms with E-state index in [1.54, 1.807) is 13.0 Å². The molecule has 2 rings (SSSR count). The summed E-state index contributed by atoms with van der Waals surface area (Å²) < 4.78 is 0. The number of halogens is 2. The number of hydrogen-bond acceptors (Lipinski definition) is 3. The van der Waals surface area contributed by atoms with Crippen LogP contribution in [-0.2, 0) is 16.0 Å². The number of carbonyl (C=O) groups excluding carboxylic acids is 2. The average Bonchev–Trinajstić information content (AvgIpc) is 2.86.